The van der Waals surface area contributed by atoms with Crippen molar-refractivity contribution >= 4 is 5.91 Å². The second kappa shape index (κ2) is 5.86. The summed E-state index contributed by atoms with van der Waals surface area (Å²) in [6, 6.07) is 14.7. The average Bonchev–Trinajstić information content (AvgIpc) is 3.01. The maximum Gasteiger partial charge on any atom is 0.223 e. The van der Waals surface area contributed by atoms with Crippen LogP contribution >= 0.6 is 0 Å². The molecule has 0 N–H and O–H groups in total. The minimum absolute atomic E-state index is 0.160. The normalized spacial score (nSPS) is 22.1. The molecule has 0 radical (unpaired) electrons. The van der Waals surface area contributed by atoms with Gasteiger partial charge in [-0.15, -0.1) is 0 Å². The van der Waals surface area contributed by atoms with Crippen LogP contribution in [-0.2, 0) is 4.79 Å². The van der Waals surface area contributed by atoms with Crippen molar-refractivity contribution in [3.63, 3.8) is 0 Å². The molecule has 0 saturated carbocycles. The quantitative estimate of drug-likeness (QED) is 0.867. The molecule has 2 aromatic carbocycles. The minimum atomic E-state index is 0.160. The van der Waals surface area contributed by atoms with E-state index in [0.717, 1.165) is 24.5 Å². The molecule has 4 rings (SSSR count). The summed E-state index contributed by atoms with van der Waals surface area (Å²) in [6.07, 6.45) is 1.50. The number of methoxy groups -OCH3 is 2. The maximum atomic E-state index is 12.3. The molecule has 1 fully saturated rings. The third kappa shape index (κ3) is 2.25. The van der Waals surface area contributed by atoms with E-state index < -0.39 is 0 Å². The predicted octanol–water partition coefficient (Wildman–Crippen LogP) is 3.51. The van der Waals surface area contributed by atoms with Crippen LogP contribution in [0.3, 0.4) is 0 Å². The number of nitrogens with zero attached hydrogens (tertiary/aromatic N) is 1. The van der Waals surface area contributed by atoms with Crippen LogP contribution in [0.1, 0.15) is 41.5 Å². The van der Waals surface area contributed by atoms with Crippen molar-refractivity contribution < 1.29 is 14.3 Å². The highest BCUT2D eigenvalue weighted by atomic mass is 16.5. The van der Waals surface area contributed by atoms with E-state index in [4.69, 9.17) is 9.47 Å². The van der Waals surface area contributed by atoms with Crippen molar-refractivity contribution in [2.24, 2.45) is 0 Å². The molecule has 4 heteroatoms. The van der Waals surface area contributed by atoms with Gasteiger partial charge >= 0.3 is 0 Å². The number of hydrogen-bond donors (Lipinski definition) is 0. The monoisotopic (exact) mass is 323 g/mol. The highest BCUT2D eigenvalue weighted by Gasteiger charge is 2.41. The average molecular weight is 323 g/mol. The summed E-state index contributed by atoms with van der Waals surface area (Å²) < 4.78 is 11.0. The molecule has 2 unspecified atom stereocenters. The van der Waals surface area contributed by atoms with Crippen LogP contribution in [0.4, 0.5) is 0 Å². The van der Waals surface area contributed by atoms with E-state index >= 15 is 0 Å². The van der Waals surface area contributed by atoms with Crippen LogP contribution in [0.5, 0.6) is 11.5 Å². The topological polar surface area (TPSA) is 38.8 Å². The van der Waals surface area contributed by atoms with E-state index in [0.29, 0.717) is 6.42 Å². The van der Waals surface area contributed by atoms with Gasteiger partial charge in [0.15, 0.2) is 11.5 Å². The smallest absolute Gasteiger partial charge is 0.223 e. The lowest BCUT2D eigenvalue weighted by molar-refractivity contribution is -0.129. The molecular weight excluding hydrogens is 302 g/mol. The van der Waals surface area contributed by atoms with Crippen LogP contribution in [0.15, 0.2) is 42.5 Å². The van der Waals surface area contributed by atoms with Crippen LogP contribution in [0, 0.1) is 0 Å². The molecule has 0 spiro atoms. The Kier molecular flexibility index (Phi) is 3.68. The van der Waals surface area contributed by atoms with E-state index in [1.54, 1.807) is 14.2 Å². The first-order valence-corrected chi connectivity index (χ1v) is 8.33. The Labute approximate surface area is 142 Å². The summed E-state index contributed by atoms with van der Waals surface area (Å²) in [7, 11) is 3.31. The number of ether oxygens (including phenoxy) is 2. The fourth-order valence-corrected chi connectivity index (χ4v) is 4.05. The van der Waals surface area contributed by atoms with Crippen molar-refractivity contribution in [3.8, 4) is 11.5 Å². The number of hydrogen-bond acceptors (Lipinski definition) is 3. The molecule has 2 aromatic rings. The van der Waals surface area contributed by atoms with Gasteiger partial charge in [0.05, 0.1) is 20.3 Å². The predicted molar refractivity (Wildman–Crippen MR) is 91.5 cm³/mol. The van der Waals surface area contributed by atoms with Gasteiger partial charge in [0.25, 0.3) is 0 Å². The Morgan fingerprint density at radius 3 is 2.33 bits per heavy atom. The van der Waals surface area contributed by atoms with Gasteiger partial charge in [-0.3, -0.25) is 4.79 Å². The van der Waals surface area contributed by atoms with Gasteiger partial charge in [0, 0.05) is 18.9 Å². The largest absolute Gasteiger partial charge is 0.493 e. The minimum Gasteiger partial charge on any atom is -0.493 e. The number of carbonyl (C=O) groups is 1. The van der Waals surface area contributed by atoms with E-state index in [1.165, 1.54) is 16.7 Å². The Balaban J connectivity index is 1.89. The van der Waals surface area contributed by atoms with Crippen LogP contribution in [0.2, 0.25) is 0 Å². The van der Waals surface area contributed by atoms with E-state index in [-0.39, 0.29) is 17.9 Å². The van der Waals surface area contributed by atoms with Gasteiger partial charge in [0.1, 0.15) is 0 Å². The summed E-state index contributed by atoms with van der Waals surface area (Å²) in [5, 5.41) is 0. The van der Waals surface area contributed by atoms with Crippen LogP contribution < -0.4 is 9.47 Å². The van der Waals surface area contributed by atoms with Gasteiger partial charge in [-0.05, 0) is 35.2 Å². The lowest BCUT2D eigenvalue weighted by Crippen LogP contribution is -2.37. The SMILES string of the molecule is COc1cc2c(cc1OC)C1CCC(=O)N1CC2c1ccccc1. The van der Waals surface area contributed by atoms with Gasteiger partial charge in [0.2, 0.25) is 5.91 Å². The third-order valence-corrected chi connectivity index (χ3v) is 5.23. The van der Waals surface area contributed by atoms with Crippen molar-refractivity contribution in [1.29, 1.82) is 0 Å². The first-order chi connectivity index (χ1) is 11.7. The molecule has 0 aromatic heterocycles. The van der Waals surface area contributed by atoms with Gasteiger partial charge in [-0.2, -0.15) is 0 Å². The third-order valence-electron chi connectivity index (χ3n) is 5.23. The molecule has 0 aliphatic carbocycles. The van der Waals surface area contributed by atoms with Gasteiger partial charge < -0.3 is 14.4 Å². The molecule has 2 aliphatic heterocycles. The van der Waals surface area contributed by atoms with Crippen molar-refractivity contribution in [3.05, 3.63) is 59.2 Å². The first kappa shape index (κ1) is 15.1. The molecule has 1 amide bonds. The Morgan fingerprint density at radius 2 is 1.67 bits per heavy atom. The fourth-order valence-electron chi connectivity index (χ4n) is 4.05. The Bertz CT molecular complexity index is 772. The van der Waals surface area contributed by atoms with Crippen LogP contribution in [0.25, 0.3) is 0 Å². The number of benzene rings is 2. The zero-order valence-corrected chi connectivity index (χ0v) is 14.0. The van der Waals surface area contributed by atoms with Crippen molar-refractivity contribution in [2.45, 2.75) is 24.8 Å². The van der Waals surface area contributed by atoms with E-state index in [9.17, 15) is 4.79 Å². The second-order valence-electron chi connectivity index (χ2n) is 6.40. The Hall–Kier alpha value is -2.49. The molecule has 2 heterocycles. The number of fused-ring (bicyclic) bond motifs is 3. The number of rotatable bonds is 3. The molecule has 124 valence electrons. The number of carbonyl (C=O) groups excluding carboxylic acids is 1. The standard InChI is InChI=1S/C20H21NO3/c1-23-18-10-14-15(11-19(18)24-2)17-8-9-20(22)21(17)12-16(14)13-6-4-3-5-7-13/h3-7,10-11,16-17H,8-9,12H2,1-2H3. The molecule has 0 bridgehead atoms. The van der Waals surface area contributed by atoms with Gasteiger partial charge in [-0.25, -0.2) is 0 Å². The first-order valence-electron chi connectivity index (χ1n) is 8.33. The Morgan fingerprint density at radius 1 is 1.00 bits per heavy atom. The summed E-state index contributed by atoms with van der Waals surface area (Å²) in [5.74, 6) is 1.89. The van der Waals surface area contributed by atoms with Gasteiger partial charge in [-0.1, -0.05) is 30.3 Å². The molecular formula is C20H21NO3. The maximum absolute atomic E-state index is 12.3. The molecule has 2 aliphatic rings. The van der Waals surface area contributed by atoms with Crippen LogP contribution in [-0.4, -0.2) is 31.6 Å². The molecule has 1 saturated heterocycles. The molecule has 4 nitrogen and oxygen atoms in total. The van der Waals surface area contributed by atoms with E-state index in [1.807, 2.05) is 23.1 Å². The van der Waals surface area contributed by atoms with E-state index in [2.05, 4.69) is 24.3 Å². The zero-order valence-electron chi connectivity index (χ0n) is 14.0. The summed E-state index contributed by atoms with van der Waals surface area (Å²) in [5.41, 5.74) is 3.66. The highest BCUT2D eigenvalue weighted by molar-refractivity contribution is 5.80. The highest BCUT2D eigenvalue weighted by Crippen LogP contribution is 2.48. The lowest BCUT2D eigenvalue weighted by atomic mass is 9.81. The summed E-state index contributed by atoms with van der Waals surface area (Å²) >= 11 is 0. The van der Waals surface area contributed by atoms with Crippen molar-refractivity contribution in [2.75, 3.05) is 20.8 Å². The zero-order chi connectivity index (χ0) is 16.7. The molecule has 2 atom stereocenters. The van der Waals surface area contributed by atoms with Crippen molar-refractivity contribution in [1.82, 2.24) is 4.90 Å². The molecule has 24 heavy (non-hydrogen) atoms. The second-order valence-corrected chi connectivity index (χ2v) is 6.40. The summed E-state index contributed by atoms with van der Waals surface area (Å²) in [4.78, 5) is 14.4. The lowest BCUT2D eigenvalue weighted by Gasteiger charge is -2.38. The summed E-state index contributed by atoms with van der Waals surface area (Å²) in [6.45, 7) is 0.732. The number of amides is 1. The fraction of sp³-hybridized carbons (Fsp3) is 0.350.